The summed E-state index contributed by atoms with van der Waals surface area (Å²) in [5.41, 5.74) is 0. The minimum atomic E-state index is -3.78. The van der Waals surface area contributed by atoms with Crippen molar-refractivity contribution >= 4 is 15.9 Å². The zero-order chi connectivity index (χ0) is 22.9. The number of benzene rings is 1. The molecule has 32 heavy (non-hydrogen) atoms. The van der Waals surface area contributed by atoms with Crippen molar-refractivity contribution in [3.63, 3.8) is 0 Å². The van der Waals surface area contributed by atoms with Crippen LogP contribution in [0.1, 0.15) is 50.0 Å². The second-order valence-electron chi connectivity index (χ2n) is 8.54. The fraction of sp³-hybridized carbons (Fsp3) is 0.522. The number of hydrogen-bond donors (Lipinski definition) is 1. The van der Waals surface area contributed by atoms with E-state index in [0.717, 1.165) is 30.8 Å². The van der Waals surface area contributed by atoms with Gasteiger partial charge < -0.3 is 18.8 Å². The lowest BCUT2D eigenvalue weighted by Gasteiger charge is -2.21. The quantitative estimate of drug-likeness (QED) is 0.550. The number of furan rings is 1. The molecule has 2 unspecified atom stereocenters. The standard InChI is InChI=1S/C23H30N2O6S/c1-15-12-19(15)20-8-6-17(31-20)14-25(16-4-5-16)23(26)10-11-24-32(27,28)18-7-9-21(29-2)22(13-18)30-3/h6-9,13,15-16,19,24H,4-5,10-12,14H2,1-3H3. The van der Waals surface area contributed by atoms with Gasteiger partial charge in [0, 0.05) is 31.0 Å². The van der Waals surface area contributed by atoms with Crippen molar-refractivity contribution in [2.75, 3.05) is 20.8 Å². The molecule has 2 atom stereocenters. The first-order valence-electron chi connectivity index (χ1n) is 10.9. The van der Waals surface area contributed by atoms with E-state index in [4.69, 9.17) is 13.9 Å². The van der Waals surface area contributed by atoms with Crippen molar-refractivity contribution in [2.24, 2.45) is 5.92 Å². The van der Waals surface area contributed by atoms with Crippen molar-refractivity contribution in [1.29, 1.82) is 0 Å². The molecule has 174 valence electrons. The molecule has 0 spiro atoms. The van der Waals surface area contributed by atoms with Crippen LogP contribution in [0, 0.1) is 5.92 Å². The highest BCUT2D eigenvalue weighted by Gasteiger charge is 2.37. The molecule has 4 rings (SSSR count). The minimum absolute atomic E-state index is 0.0156. The van der Waals surface area contributed by atoms with Crippen LogP contribution in [0.15, 0.2) is 39.6 Å². The van der Waals surface area contributed by atoms with Crippen LogP contribution in [0.4, 0.5) is 0 Å². The average Bonchev–Trinajstić information content (AvgIpc) is 3.70. The van der Waals surface area contributed by atoms with Crippen molar-refractivity contribution in [3.8, 4) is 11.5 Å². The van der Waals surface area contributed by atoms with Gasteiger partial charge in [0.2, 0.25) is 15.9 Å². The van der Waals surface area contributed by atoms with Crippen LogP contribution in [-0.2, 0) is 21.4 Å². The van der Waals surface area contributed by atoms with Crippen LogP contribution in [0.3, 0.4) is 0 Å². The van der Waals surface area contributed by atoms with E-state index in [1.807, 2.05) is 17.0 Å². The molecule has 1 aromatic heterocycles. The Kier molecular flexibility index (Phi) is 6.48. The van der Waals surface area contributed by atoms with Crippen LogP contribution in [-0.4, -0.2) is 46.0 Å². The molecule has 1 amide bonds. The lowest BCUT2D eigenvalue weighted by molar-refractivity contribution is -0.132. The molecular weight excluding hydrogens is 432 g/mol. The van der Waals surface area contributed by atoms with E-state index in [9.17, 15) is 13.2 Å². The SMILES string of the molecule is COc1ccc(S(=O)(=O)NCCC(=O)N(Cc2ccc(C3CC3C)o2)C2CC2)cc1OC. The van der Waals surface area contributed by atoms with Gasteiger partial charge in [-0.2, -0.15) is 0 Å². The molecule has 1 aromatic carbocycles. The smallest absolute Gasteiger partial charge is 0.240 e. The summed E-state index contributed by atoms with van der Waals surface area (Å²) >= 11 is 0. The van der Waals surface area contributed by atoms with E-state index >= 15 is 0 Å². The van der Waals surface area contributed by atoms with Gasteiger partial charge >= 0.3 is 0 Å². The zero-order valence-corrected chi connectivity index (χ0v) is 19.5. The largest absolute Gasteiger partial charge is 0.493 e. The van der Waals surface area contributed by atoms with Gasteiger partial charge in [0.05, 0.1) is 25.7 Å². The molecule has 8 nitrogen and oxygen atoms in total. The fourth-order valence-corrected chi connectivity index (χ4v) is 4.92. The van der Waals surface area contributed by atoms with Gasteiger partial charge in [-0.25, -0.2) is 13.1 Å². The number of nitrogens with one attached hydrogen (secondary N) is 1. The molecule has 2 aliphatic rings. The highest BCUT2D eigenvalue weighted by Crippen LogP contribution is 2.47. The molecule has 1 heterocycles. The predicted molar refractivity (Wildman–Crippen MR) is 118 cm³/mol. The second-order valence-corrected chi connectivity index (χ2v) is 10.3. The topological polar surface area (TPSA) is 98.1 Å². The molecule has 0 saturated heterocycles. The summed E-state index contributed by atoms with van der Waals surface area (Å²) in [6.07, 6.45) is 3.17. The number of hydrogen-bond acceptors (Lipinski definition) is 6. The van der Waals surface area contributed by atoms with Gasteiger partial charge in [0.1, 0.15) is 11.5 Å². The third-order valence-corrected chi connectivity index (χ3v) is 7.55. The number of sulfonamides is 1. The maximum Gasteiger partial charge on any atom is 0.240 e. The summed E-state index contributed by atoms with van der Waals surface area (Å²) in [6.45, 7) is 2.64. The highest BCUT2D eigenvalue weighted by molar-refractivity contribution is 7.89. The zero-order valence-electron chi connectivity index (χ0n) is 18.7. The molecule has 2 saturated carbocycles. The van der Waals surface area contributed by atoms with Crippen LogP contribution in [0.2, 0.25) is 0 Å². The Morgan fingerprint density at radius 2 is 1.88 bits per heavy atom. The van der Waals surface area contributed by atoms with Gasteiger partial charge in [-0.05, 0) is 49.4 Å². The number of amides is 1. The first-order valence-corrected chi connectivity index (χ1v) is 12.4. The molecule has 2 aliphatic carbocycles. The monoisotopic (exact) mass is 462 g/mol. The third kappa shape index (κ3) is 5.10. The van der Waals surface area contributed by atoms with Crippen LogP contribution < -0.4 is 14.2 Å². The number of carbonyl (C=O) groups excluding carboxylic acids is 1. The Morgan fingerprint density at radius 1 is 1.16 bits per heavy atom. The first kappa shape index (κ1) is 22.7. The minimum Gasteiger partial charge on any atom is -0.493 e. The Hall–Kier alpha value is -2.52. The van der Waals surface area contributed by atoms with Gasteiger partial charge in [-0.3, -0.25) is 4.79 Å². The van der Waals surface area contributed by atoms with Gasteiger partial charge in [-0.1, -0.05) is 6.92 Å². The molecule has 2 fully saturated rings. The van der Waals surface area contributed by atoms with E-state index in [2.05, 4.69) is 11.6 Å². The van der Waals surface area contributed by atoms with E-state index in [1.54, 1.807) is 0 Å². The van der Waals surface area contributed by atoms with Crippen LogP contribution in [0.25, 0.3) is 0 Å². The van der Waals surface area contributed by atoms with Crippen LogP contribution in [0.5, 0.6) is 11.5 Å². The van der Waals surface area contributed by atoms with E-state index < -0.39 is 10.0 Å². The van der Waals surface area contributed by atoms with Gasteiger partial charge in [0.25, 0.3) is 0 Å². The molecule has 9 heteroatoms. The maximum absolute atomic E-state index is 12.9. The summed E-state index contributed by atoms with van der Waals surface area (Å²) in [7, 11) is -0.854. The normalized spacial score (nSPS) is 20.1. The van der Waals surface area contributed by atoms with E-state index in [1.165, 1.54) is 32.4 Å². The Bertz CT molecular complexity index is 1080. The van der Waals surface area contributed by atoms with Gasteiger partial charge in [-0.15, -0.1) is 0 Å². The molecule has 0 bridgehead atoms. The molecule has 2 aromatic rings. The number of carbonyl (C=O) groups is 1. The lowest BCUT2D eigenvalue weighted by Crippen LogP contribution is -2.35. The summed E-state index contributed by atoms with van der Waals surface area (Å²) in [4.78, 5) is 14.7. The summed E-state index contributed by atoms with van der Waals surface area (Å²) in [5.74, 6) is 3.63. The number of rotatable bonds is 11. The van der Waals surface area contributed by atoms with E-state index in [0.29, 0.717) is 29.9 Å². The van der Waals surface area contributed by atoms with Crippen molar-refractivity contribution < 1.29 is 27.1 Å². The van der Waals surface area contributed by atoms with Gasteiger partial charge in [0.15, 0.2) is 11.5 Å². The molecule has 1 N–H and O–H groups in total. The first-order chi connectivity index (χ1) is 15.3. The Labute approximate surface area is 188 Å². The predicted octanol–water partition coefficient (Wildman–Crippen LogP) is 3.28. The average molecular weight is 463 g/mol. The Balaban J connectivity index is 1.34. The van der Waals surface area contributed by atoms with Crippen molar-refractivity contribution in [1.82, 2.24) is 9.62 Å². The maximum atomic E-state index is 12.9. The number of ether oxygens (including phenoxy) is 2. The highest BCUT2D eigenvalue weighted by atomic mass is 32.2. The molecule has 0 aliphatic heterocycles. The number of methoxy groups -OCH3 is 2. The Morgan fingerprint density at radius 3 is 2.50 bits per heavy atom. The lowest BCUT2D eigenvalue weighted by atomic mass is 10.3. The summed E-state index contributed by atoms with van der Waals surface area (Å²) in [5, 5.41) is 0. The summed E-state index contributed by atoms with van der Waals surface area (Å²) < 4.78 is 44.1. The summed E-state index contributed by atoms with van der Waals surface area (Å²) in [6, 6.07) is 8.54. The van der Waals surface area contributed by atoms with E-state index in [-0.39, 0.29) is 29.8 Å². The van der Waals surface area contributed by atoms with Crippen molar-refractivity contribution in [3.05, 3.63) is 41.9 Å². The van der Waals surface area contributed by atoms with Crippen molar-refractivity contribution in [2.45, 2.75) is 56.0 Å². The molecule has 0 radical (unpaired) electrons. The molecular formula is C23H30N2O6S. The van der Waals surface area contributed by atoms with Crippen LogP contribution >= 0.6 is 0 Å². The number of nitrogens with zero attached hydrogens (tertiary/aromatic N) is 1. The third-order valence-electron chi connectivity index (χ3n) is 6.09. The fourth-order valence-electron chi connectivity index (χ4n) is 3.88. The second kappa shape index (κ2) is 9.15.